The van der Waals surface area contributed by atoms with Crippen LogP contribution in [0.5, 0.6) is 0 Å². The third-order valence-corrected chi connectivity index (χ3v) is 4.55. The first-order valence-electron chi connectivity index (χ1n) is 5.76. The lowest BCUT2D eigenvalue weighted by molar-refractivity contribution is -0.122. The third-order valence-electron chi connectivity index (χ3n) is 2.75. The summed E-state index contributed by atoms with van der Waals surface area (Å²) in [6.45, 7) is 6.65. The molecule has 0 saturated carbocycles. The second-order valence-electron chi connectivity index (χ2n) is 4.05. The van der Waals surface area contributed by atoms with Crippen molar-refractivity contribution >= 4 is 33.2 Å². The molecule has 0 radical (unpaired) electrons. The van der Waals surface area contributed by atoms with E-state index in [-0.39, 0.29) is 11.8 Å². The highest BCUT2D eigenvalue weighted by Gasteiger charge is 2.16. The van der Waals surface area contributed by atoms with Crippen molar-refractivity contribution in [3.8, 4) is 0 Å². The molecule has 0 fully saturated rings. The number of amides is 1. The largest absolute Gasteiger partial charge is 0.354 e. The fraction of sp³-hybridized carbons (Fsp3) is 0.583. The molecule has 0 saturated heterocycles. The predicted molar refractivity (Wildman–Crippen MR) is 76.6 cm³/mol. The number of nitrogens with one attached hydrogen (secondary N) is 1. The fourth-order valence-corrected chi connectivity index (χ4v) is 2.85. The number of likely N-dealkylation sites (N-methyl/N-ethyl adjacent to an activating group) is 1. The Bertz CT molecular complexity index is 367. The van der Waals surface area contributed by atoms with Crippen LogP contribution in [0.2, 0.25) is 0 Å². The fourth-order valence-electron chi connectivity index (χ4n) is 1.37. The summed E-state index contributed by atoms with van der Waals surface area (Å²) in [5.41, 5.74) is 0. The van der Waals surface area contributed by atoms with Crippen LogP contribution in [0.25, 0.3) is 0 Å². The monoisotopic (exact) mass is 318 g/mol. The van der Waals surface area contributed by atoms with Gasteiger partial charge in [0, 0.05) is 18.0 Å². The van der Waals surface area contributed by atoms with E-state index in [0.717, 1.165) is 21.8 Å². The van der Waals surface area contributed by atoms with Crippen LogP contribution < -0.4 is 5.32 Å². The average Bonchev–Trinajstić information content (AvgIpc) is 2.74. The van der Waals surface area contributed by atoms with Crippen molar-refractivity contribution in [2.45, 2.75) is 19.8 Å². The van der Waals surface area contributed by atoms with Gasteiger partial charge in [-0.05, 0) is 48.6 Å². The van der Waals surface area contributed by atoms with Gasteiger partial charge >= 0.3 is 0 Å². The second-order valence-corrected chi connectivity index (χ2v) is 6.55. The molecule has 1 aromatic rings. The molecule has 0 aromatic carbocycles. The normalized spacial score (nSPS) is 12.8. The molecule has 1 amide bonds. The van der Waals surface area contributed by atoms with Gasteiger partial charge < -0.3 is 10.2 Å². The Hall–Kier alpha value is -0.390. The summed E-state index contributed by atoms with van der Waals surface area (Å²) in [6, 6.07) is 3.98. The lowest BCUT2D eigenvalue weighted by atomic mass is 10.1. The van der Waals surface area contributed by atoms with Crippen LogP contribution in [0, 0.1) is 0 Å². The van der Waals surface area contributed by atoms with Gasteiger partial charge in [-0.3, -0.25) is 4.79 Å². The Morgan fingerprint density at radius 3 is 2.82 bits per heavy atom. The average molecular weight is 319 g/mol. The molecule has 96 valence electrons. The van der Waals surface area contributed by atoms with Gasteiger partial charge in [-0.15, -0.1) is 11.3 Å². The van der Waals surface area contributed by atoms with Crippen LogP contribution in [0.3, 0.4) is 0 Å². The Kier molecular flexibility index (Phi) is 6.16. The highest BCUT2D eigenvalue weighted by Crippen LogP contribution is 2.28. The summed E-state index contributed by atoms with van der Waals surface area (Å²) in [7, 11) is 2.05. The van der Waals surface area contributed by atoms with Crippen LogP contribution in [0.1, 0.15) is 24.6 Å². The summed E-state index contributed by atoms with van der Waals surface area (Å²) in [6.07, 6.45) is 0. The molecule has 1 rings (SSSR count). The van der Waals surface area contributed by atoms with Crippen LogP contribution in [0.4, 0.5) is 0 Å². The number of rotatable bonds is 6. The summed E-state index contributed by atoms with van der Waals surface area (Å²) < 4.78 is 1.07. The minimum absolute atomic E-state index is 0.0711. The van der Waals surface area contributed by atoms with E-state index in [1.54, 1.807) is 11.3 Å². The summed E-state index contributed by atoms with van der Waals surface area (Å²) in [4.78, 5) is 15.2. The lowest BCUT2D eigenvalue weighted by Gasteiger charge is -2.15. The van der Waals surface area contributed by atoms with Gasteiger partial charge in [0.15, 0.2) is 0 Å². The number of thiophene rings is 1. The summed E-state index contributed by atoms with van der Waals surface area (Å²) in [5.74, 6) is 0.0297. The summed E-state index contributed by atoms with van der Waals surface area (Å²) >= 11 is 5.02. The number of carbonyl (C=O) groups is 1. The molecule has 1 heterocycles. The minimum atomic E-state index is -0.0711. The van der Waals surface area contributed by atoms with E-state index in [2.05, 4.69) is 33.1 Å². The molecule has 1 atom stereocenters. The zero-order valence-corrected chi connectivity index (χ0v) is 12.9. The third kappa shape index (κ3) is 4.77. The highest BCUT2D eigenvalue weighted by atomic mass is 79.9. The van der Waals surface area contributed by atoms with Crippen molar-refractivity contribution in [2.24, 2.45) is 0 Å². The Labute approximate surface area is 115 Å². The van der Waals surface area contributed by atoms with Crippen molar-refractivity contribution < 1.29 is 4.79 Å². The lowest BCUT2D eigenvalue weighted by Crippen LogP contribution is -2.34. The van der Waals surface area contributed by atoms with E-state index in [4.69, 9.17) is 0 Å². The topological polar surface area (TPSA) is 32.3 Å². The summed E-state index contributed by atoms with van der Waals surface area (Å²) in [5, 5.41) is 2.97. The standard InChI is InChI=1S/C12H19BrN2OS/c1-4-15(3)8-7-14-12(16)9(2)10-5-6-11(13)17-10/h5-6,9H,4,7-8H2,1-3H3,(H,14,16). The molecule has 0 aliphatic rings. The molecular formula is C12H19BrN2OS. The maximum absolute atomic E-state index is 11.9. The Morgan fingerprint density at radius 1 is 1.59 bits per heavy atom. The maximum atomic E-state index is 11.9. The van der Waals surface area contributed by atoms with Crippen molar-refractivity contribution in [1.29, 1.82) is 0 Å². The van der Waals surface area contributed by atoms with Gasteiger partial charge in [-0.25, -0.2) is 0 Å². The first-order chi connectivity index (χ1) is 8.04. The van der Waals surface area contributed by atoms with E-state index >= 15 is 0 Å². The van der Waals surface area contributed by atoms with Crippen molar-refractivity contribution in [1.82, 2.24) is 10.2 Å². The Balaban J connectivity index is 2.37. The highest BCUT2D eigenvalue weighted by molar-refractivity contribution is 9.11. The van der Waals surface area contributed by atoms with Crippen LogP contribution in [-0.2, 0) is 4.79 Å². The van der Waals surface area contributed by atoms with E-state index in [0.29, 0.717) is 6.54 Å². The van der Waals surface area contributed by atoms with Gasteiger partial charge in [-0.1, -0.05) is 6.92 Å². The Morgan fingerprint density at radius 2 is 2.29 bits per heavy atom. The molecule has 17 heavy (non-hydrogen) atoms. The number of carbonyl (C=O) groups excluding carboxylic acids is 1. The maximum Gasteiger partial charge on any atom is 0.228 e. The number of hydrogen-bond donors (Lipinski definition) is 1. The van der Waals surface area contributed by atoms with Crippen molar-refractivity contribution in [2.75, 3.05) is 26.7 Å². The van der Waals surface area contributed by atoms with Gasteiger partial charge in [0.25, 0.3) is 0 Å². The van der Waals surface area contributed by atoms with Crippen LogP contribution >= 0.6 is 27.3 Å². The number of nitrogens with zero attached hydrogens (tertiary/aromatic N) is 1. The quantitative estimate of drug-likeness (QED) is 0.874. The number of halogens is 1. The molecule has 1 unspecified atom stereocenters. The first kappa shape index (κ1) is 14.7. The van der Waals surface area contributed by atoms with E-state index in [1.165, 1.54) is 0 Å². The van der Waals surface area contributed by atoms with E-state index in [1.807, 2.05) is 26.1 Å². The zero-order chi connectivity index (χ0) is 12.8. The molecule has 0 bridgehead atoms. The predicted octanol–water partition coefficient (Wildman–Crippen LogP) is 2.68. The van der Waals surface area contributed by atoms with Crippen LogP contribution in [0.15, 0.2) is 15.9 Å². The molecule has 1 N–H and O–H groups in total. The van der Waals surface area contributed by atoms with Gasteiger partial charge in [0.2, 0.25) is 5.91 Å². The molecule has 0 aliphatic carbocycles. The minimum Gasteiger partial charge on any atom is -0.354 e. The molecule has 5 heteroatoms. The van der Waals surface area contributed by atoms with Gasteiger partial charge in [0.05, 0.1) is 9.70 Å². The van der Waals surface area contributed by atoms with Crippen molar-refractivity contribution in [3.63, 3.8) is 0 Å². The molecule has 0 spiro atoms. The molecule has 0 aliphatic heterocycles. The smallest absolute Gasteiger partial charge is 0.228 e. The van der Waals surface area contributed by atoms with Gasteiger partial charge in [-0.2, -0.15) is 0 Å². The SMILES string of the molecule is CCN(C)CCNC(=O)C(C)c1ccc(Br)s1. The van der Waals surface area contributed by atoms with Crippen LogP contribution in [-0.4, -0.2) is 37.5 Å². The molecular weight excluding hydrogens is 300 g/mol. The first-order valence-corrected chi connectivity index (χ1v) is 7.37. The molecule has 1 aromatic heterocycles. The second kappa shape index (κ2) is 7.13. The zero-order valence-electron chi connectivity index (χ0n) is 10.5. The van der Waals surface area contributed by atoms with E-state index in [9.17, 15) is 4.79 Å². The molecule has 3 nitrogen and oxygen atoms in total. The van der Waals surface area contributed by atoms with Crippen molar-refractivity contribution in [3.05, 3.63) is 20.8 Å². The van der Waals surface area contributed by atoms with E-state index < -0.39 is 0 Å². The number of hydrogen-bond acceptors (Lipinski definition) is 3. The van der Waals surface area contributed by atoms with Gasteiger partial charge in [0.1, 0.15) is 0 Å².